The largest absolute Gasteiger partial charge is 0.493 e. The van der Waals surface area contributed by atoms with Gasteiger partial charge in [-0.25, -0.2) is 4.98 Å². The van der Waals surface area contributed by atoms with Gasteiger partial charge in [-0.3, -0.25) is 4.98 Å². The molecule has 0 N–H and O–H groups in total. The lowest BCUT2D eigenvalue weighted by Gasteiger charge is -2.22. The summed E-state index contributed by atoms with van der Waals surface area (Å²) in [5.74, 6) is 2.25. The third kappa shape index (κ3) is 5.87. The fraction of sp³-hybridized carbons (Fsp3) is 0.267. The van der Waals surface area contributed by atoms with Crippen molar-refractivity contribution in [3.05, 3.63) is 95.4 Å². The van der Waals surface area contributed by atoms with E-state index in [1.54, 1.807) is 6.20 Å². The van der Waals surface area contributed by atoms with Gasteiger partial charge in [-0.1, -0.05) is 42.5 Å². The highest BCUT2D eigenvalue weighted by atomic mass is 16.5. The molecule has 1 fully saturated rings. The van der Waals surface area contributed by atoms with Crippen molar-refractivity contribution < 1.29 is 14.2 Å². The summed E-state index contributed by atoms with van der Waals surface area (Å²) in [7, 11) is 0. The van der Waals surface area contributed by atoms with Crippen LogP contribution in [0.1, 0.15) is 35.4 Å². The van der Waals surface area contributed by atoms with Crippen molar-refractivity contribution >= 4 is 23.1 Å². The Labute approximate surface area is 206 Å². The molecule has 0 amide bonds. The Kier molecular flexibility index (Phi) is 7.35. The second-order valence-electron chi connectivity index (χ2n) is 8.86. The molecule has 3 heterocycles. The van der Waals surface area contributed by atoms with Crippen LogP contribution in [0, 0.1) is 12.8 Å². The first-order valence-electron chi connectivity index (χ1n) is 12.2. The first kappa shape index (κ1) is 23.1. The molecule has 0 aliphatic carbocycles. The molecule has 0 spiro atoms. The Balaban J connectivity index is 1.36. The highest BCUT2D eigenvalue weighted by molar-refractivity contribution is 5.88. The van der Waals surface area contributed by atoms with Gasteiger partial charge in [0.2, 0.25) is 0 Å². The van der Waals surface area contributed by atoms with Gasteiger partial charge in [-0.05, 0) is 61.6 Å². The molecule has 5 heteroatoms. The van der Waals surface area contributed by atoms with Crippen LogP contribution in [0.5, 0.6) is 11.5 Å². The van der Waals surface area contributed by atoms with Crippen molar-refractivity contribution in [1.82, 2.24) is 9.97 Å². The molecule has 5 rings (SSSR count). The molecule has 0 radical (unpaired) electrons. The van der Waals surface area contributed by atoms with Gasteiger partial charge in [-0.2, -0.15) is 0 Å². The SMILES string of the molecule is Cc1c(C=Cc2cc(OCC3CCOCC3)ccn2)nc2ccccc2c1OCc1ccccc1. The number of para-hydroxylation sites is 1. The van der Waals surface area contributed by atoms with Gasteiger partial charge in [0, 0.05) is 36.4 Å². The van der Waals surface area contributed by atoms with Crippen LogP contribution in [0.3, 0.4) is 0 Å². The standard InChI is InChI=1S/C30H30N2O3/c1-22-28(12-11-25-19-26(13-16-31-25)34-20-24-14-17-33-18-15-24)32-29-10-6-5-9-27(29)30(22)35-21-23-7-3-2-4-8-23/h2-13,16,19,24H,14-15,17-18,20-21H2,1H3. The second-order valence-corrected chi connectivity index (χ2v) is 8.86. The van der Waals surface area contributed by atoms with Gasteiger partial charge >= 0.3 is 0 Å². The van der Waals surface area contributed by atoms with Gasteiger partial charge in [0.25, 0.3) is 0 Å². The predicted octanol–water partition coefficient (Wildman–Crippen LogP) is 6.49. The third-order valence-electron chi connectivity index (χ3n) is 6.33. The quantitative estimate of drug-likeness (QED) is 0.297. The van der Waals surface area contributed by atoms with Crippen molar-refractivity contribution in [2.45, 2.75) is 26.4 Å². The molecular weight excluding hydrogens is 436 g/mol. The topological polar surface area (TPSA) is 53.5 Å². The van der Waals surface area contributed by atoms with Crippen LogP contribution in [0.25, 0.3) is 23.1 Å². The van der Waals surface area contributed by atoms with Gasteiger partial charge in [0.1, 0.15) is 18.1 Å². The van der Waals surface area contributed by atoms with E-state index < -0.39 is 0 Å². The van der Waals surface area contributed by atoms with Crippen LogP contribution < -0.4 is 9.47 Å². The van der Waals surface area contributed by atoms with Crippen molar-refractivity contribution in [3.63, 3.8) is 0 Å². The smallest absolute Gasteiger partial charge is 0.134 e. The molecule has 5 nitrogen and oxygen atoms in total. The average molecular weight is 467 g/mol. The molecule has 1 aliphatic heterocycles. The van der Waals surface area contributed by atoms with E-state index in [1.165, 1.54) is 0 Å². The Bertz CT molecular complexity index is 1300. The van der Waals surface area contributed by atoms with Gasteiger partial charge in [0.15, 0.2) is 0 Å². The van der Waals surface area contributed by atoms with Crippen molar-refractivity contribution in [1.29, 1.82) is 0 Å². The third-order valence-corrected chi connectivity index (χ3v) is 6.33. The highest BCUT2D eigenvalue weighted by Crippen LogP contribution is 2.32. The normalized spacial score (nSPS) is 14.4. The van der Waals surface area contributed by atoms with E-state index >= 15 is 0 Å². The van der Waals surface area contributed by atoms with E-state index in [4.69, 9.17) is 19.2 Å². The minimum atomic E-state index is 0.507. The number of pyridine rings is 2. The van der Waals surface area contributed by atoms with E-state index in [2.05, 4.69) is 30.1 Å². The Hall–Kier alpha value is -3.70. The molecule has 0 saturated carbocycles. The predicted molar refractivity (Wildman–Crippen MR) is 139 cm³/mol. The van der Waals surface area contributed by atoms with Gasteiger partial charge in [-0.15, -0.1) is 0 Å². The van der Waals surface area contributed by atoms with E-state index in [1.807, 2.05) is 60.7 Å². The number of ether oxygens (including phenoxy) is 3. The number of benzene rings is 2. The lowest BCUT2D eigenvalue weighted by Crippen LogP contribution is -2.21. The summed E-state index contributed by atoms with van der Waals surface area (Å²) in [5.41, 5.74) is 4.73. The number of fused-ring (bicyclic) bond motifs is 1. The van der Waals surface area contributed by atoms with Crippen LogP contribution in [0.2, 0.25) is 0 Å². The maximum absolute atomic E-state index is 6.32. The first-order chi connectivity index (χ1) is 17.3. The number of nitrogens with zero attached hydrogens (tertiary/aromatic N) is 2. The van der Waals surface area contributed by atoms with E-state index in [0.717, 1.165) is 71.0 Å². The number of aromatic nitrogens is 2. The van der Waals surface area contributed by atoms with Crippen LogP contribution in [-0.2, 0) is 11.3 Å². The zero-order valence-electron chi connectivity index (χ0n) is 20.0. The molecule has 0 unspecified atom stereocenters. The minimum Gasteiger partial charge on any atom is -0.493 e. The molecule has 178 valence electrons. The molecule has 1 aliphatic rings. The fourth-order valence-corrected chi connectivity index (χ4v) is 4.27. The first-order valence-corrected chi connectivity index (χ1v) is 12.2. The summed E-state index contributed by atoms with van der Waals surface area (Å²) in [4.78, 5) is 9.38. The highest BCUT2D eigenvalue weighted by Gasteiger charge is 2.15. The summed E-state index contributed by atoms with van der Waals surface area (Å²) in [6, 6.07) is 22.2. The lowest BCUT2D eigenvalue weighted by molar-refractivity contribution is 0.0497. The summed E-state index contributed by atoms with van der Waals surface area (Å²) in [6.07, 6.45) is 7.88. The Morgan fingerprint density at radius 3 is 2.60 bits per heavy atom. The Morgan fingerprint density at radius 2 is 1.74 bits per heavy atom. The van der Waals surface area contributed by atoms with Crippen LogP contribution in [-0.4, -0.2) is 29.8 Å². The maximum Gasteiger partial charge on any atom is 0.134 e. The Morgan fingerprint density at radius 1 is 0.943 bits per heavy atom. The van der Waals surface area contributed by atoms with Crippen LogP contribution in [0.15, 0.2) is 72.9 Å². The molecular formula is C30H30N2O3. The van der Waals surface area contributed by atoms with Crippen LogP contribution in [0.4, 0.5) is 0 Å². The summed E-state index contributed by atoms with van der Waals surface area (Å²) < 4.78 is 17.8. The second kappa shape index (κ2) is 11.2. The monoisotopic (exact) mass is 466 g/mol. The summed E-state index contributed by atoms with van der Waals surface area (Å²) in [6.45, 7) is 4.93. The molecule has 1 saturated heterocycles. The average Bonchev–Trinajstić information content (AvgIpc) is 2.92. The van der Waals surface area contributed by atoms with Crippen molar-refractivity contribution in [3.8, 4) is 11.5 Å². The molecule has 0 bridgehead atoms. The van der Waals surface area contributed by atoms with Gasteiger partial charge in [0.05, 0.1) is 23.5 Å². The zero-order valence-corrected chi connectivity index (χ0v) is 20.0. The van der Waals surface area contributed by atoms with E-state index in [9.17, 15) is 0 Å². The molecule has 35 heavy (non-hydrogen) atoms. The summed E-state index contributed by atoms with van der Waals surface area (Å²) >= 11 is 0. The summed E-state index contributed by atoms with van der Waals surface area (Å²) in [5, 5.41) is 1.01. The van der Waals surface area contributed by atoms with E-state index in [0.29, 0.717) is 19.1 Å². The minimum absolute atomic E-state index is 0.507. The van der Waals surface area contributed by atoms with Crippen LogP contribution >= 0.6 is 0 Å². The molecule has 2 aromatic heterocycles. The van der Waals surface area contributed by atoms with E-state index in [-0.39, 0.29) is 0 Å². The van der Waals surface area contributed by atoms with Gasteiger partial charge < -0.3 is 14.2 Å². The van der Waals surface area contributed by atoms with Crippen molar-refractivity contribution in [2.75, 3.05) is 19.8 Å². The number of rotatable bonds is 8. The maximum atomic E-state index is 6.32. The number of hydrogen-bond donors (Lipinski definition) is 0. The zero-order chi connectivity index (χ0) is 23.9. The molecule has 0 atom stereocenters. The lowest BCUT2D eigenvalue weighted by atomic mass is 10.0. The number of hydrogen-bond acceptors (Lipinski definition) is 5. The molecule has 4 aromatic rings. The molecule has 2 aromatic carbocycles. The fourth-order valence-electron chi connectivity index (χ4n) is 4.27. The van der Waals surface area contributed by atoms with Crippen molar-refractivity contribution in [2.24, 2.45) is 5.92 Å².